The normalized spacial score (nSPS) is 20.2. The van der Waals surface area contributed by atoms with Gasteiger partial charge in [0, 0.05) is 6.42 Å². The summed E-state index contributed by atoms with van der Waals surface area (Å²) in [4.78, 5) is 0. The highest BCUT2D eigenvalue weighted by Crippen LogP contribution is 2.44. The topological polar surface area (TPSA) is 38.7 Å². The largest absolute Gasteiger partial charge is 0.486 e. The summed E-state index contributed by atoms with van der Waals surface area (Å²) in [5.41, 5.74) is -0.714. The van der Waals surface area contributed by atoms with E-state index < -0.39 is 11.3 Å². The molecule has 0 atom stereocenters. The Hall–Kier alpha value is -1.29. The van der Waals surface area contributed by atoms with Gasteiger partial charge < -0.3 is 14.6 Å². The molecule has 0 bridgehead atoms. The summed E-state index contributed by atoms with van der Waals surface area (Å²) in [5, 5.41) is 10.1. The molecule has 0 saturated heterocycles. The number of hydrogen-bond donors (Lipinski definition) is 1. The maximum Gasteiger partial charge on any atom is 0.161 e. The molecule has 1 saturated carbocycles. The highest BCUT2D eigenvalue weighted by Gasteiger charge is 2.42. The molecule has 3 nitrogen and oxygen atoms in total. The maximum absolute atomic E-state index is 14.4. The van der Waals surface area contributed by atoms with Crippen LogP contribution in [0.3, 0.4) is 0 Å². The van der Waals surface area contributed by atoms with Gasteiger partial charge in [-0.25, -0.2) is 4.39 Å². The third kappa shape index (κ3) is 2.54. The van der Waals surface area contributed by atoms with Crippen LogP contribution >= 0.6 is 0 Å². The lowest BCUT2D eigenvalue weighted by molar-refractivity contribution is 0.146. The van der Waals surface area contributed by atoms with Crippen molar-refractivity contribution in [2.24, 2.45) is 0 Å². The Morgan fingerprint density at radius 1 is 1.21 bits per heavy atom. The van der Waals surface area contributed by atoms with Gasteiger partial charge in [-0.2, -0.15) is 0 Å². The van der Waals surface area contributed by atoms with E-state index in [1.807, 2.05) is 6.07 Å². The number of benzene rings is 1. The van der Waals surface area contributed by atoms with E-state index in [-0.39, 0.29) is 0 Å². The van der Waals surface area contributed by atoms with Crippen LogP contribution in [0.1, 0.15) is 37.8 Å². The molecule has 104 valence electrons. The van der Waals surface area contributed by atoms with Crippen LogP contribution < -0.4 is 9.47 Å². The molecule has 4 heteroatoms. The molecule has 1 aromatic carbocycles. The SMILES string of the molecule is CC(C)(F)c1cc2c(cc1CC1(O)CC1)OCCO2. The third-order valence-electron chi connectivity index (χ3n) is 3.76. The van der Waals surface area contributed by atoms with Gasteiger partial charge in [0.15, 0.2) is 11.5 Å². The van der Waals surface area contributed by atoms with Crippen molar-refractivity contribution < 1.29 is 19.0 Å². The molecule has 2 aliphatic rings. The number of fused-ring (bicyclic) bond motifs is 1. The minimum atomic E-state index is -1.46. The fourth-order valence-corrected chi connectivity index (χ4v) is 2.51. The minimum absolute atomic E-state index is 0.478. The first-order valence-corrected chi connectivity index (χ1v) is 6.72. The zero-order valence-electron chi connectivity index (χ0n) is 11.3. The number of halogens is 1. The Morgan fingerprint density at radius 3 is 2.32 bits per heavy atom. The Morgan fingerprint density at radius 2 is 1.79 bits per heavy atom. The molecule has 1 N–H and O–H groups in total. The van der Waals surface area contributed by atoms with Gasteiger partial charge in [0.2, 0.25) is 0 Å². The number of hydrogen-bond acceptors (Lipinski definition) is 3. The molecular weight excluding hydrogens is 247 g/mol. The lowest BCUT2D eigenvalue weighted by atomic mass is 9.90. The summed E-state index contributed by atoms with van der Waals surface area (Å²) in [7, 11) is 0. The van der Waals surface area contributed by atoms with E-state index in [0.717, 1.165) is 18.4 Å². The molecule has 1 aliphatic carbocycles. The molecule has 0 spiro atoms. The fourth-order valence-electron chi connectivity index (χ4n) is 2.51. The quantitative estimate of drug-likeness (QED) is 0.914. The second kappa shape index (κ2) is 4.10. The molecule has 0 radical (unpaired) electrons. The van der Waals surface area contributed by atoms with Crippen LogP contribution in [-0.2, 0) is 12.1 Å². The van der Waals surface area contributed by atoms with Crippen molar-refractivity contribution in [3.8, 4) is 11.5 Å². The predicted molar refractivity (Wildman–Crippen MR) is 69.5 cm³/mol. The van der Waals surface area contributed by atoms with E-state index in [1.165, 1.54) is 13.8 Å². The fraction of sp³-hybridized carbons (Fsp3) is 0.600. The summed E-state index contributed by atoms with van der Waals surface area (Å²) >= 11 is 0. The zero-order valence-corrected chi connectivity index (χ0v) is 11.3. The lowest BCUT2D eigenvalue weighted by Gasteiger charge is -2.25. The van der Waals surface area contributed by atoms with Crippen LogP contribution in [0.2, 0.25) is 0 Å². The number of ether oxygens (including phenoxy) is 2. The number of alkyl halides is 1. The van der Waals surface area contributed by atoms with Crippen molar-refractivity contribution in [3.63, 3.8) is 0 Å². The summed E-state index contributed by atoms with van der Waals surface area (Å²) < 4.78 is 25.4. The first kappa shape index (κ1) is 12.7. The van der Waals surface area contributed by atoms with Crippen molar-refractivity contribution in [1.29, 1.82) is 0 Å². The Kier molecular flexibility index (Phi) is 2.75. The second-order valence-corrected chi connectivity index (χ2v) is 6.03. The van der Waals surface area contributed by atoms with Crippen LogP contribution in [0, 0.1) is 0 Å². The van der Waals surface area contributed by atoms with Gasteiger partial charge >= 0.3 is 0 Å². The van der Waals surface area contributed by atoms with E-state index in [1.54, 1.807) is 6.07 Å². The first-order valence-electron chi connectivity index (χ1n) is 6.72. The van der Waals surface area contributed by atoms with Gasteiger partial charge in [-0.1, -0.05) is 0 Å². The first-order chi connectivity index (χ1) is 8.87. The zero-order chi connectivity index (χ0) is 13.7. The van der Waals surface area contributed by atoms with E-state index in [0.29, 0.717) is 36.7 Å². The monoisotopic (exact) mass is 266 g/mol. The van der Waals surface area contributed by atoms with E-state index in [2.05, 4.69) is 0 Å². The molecule has 1 fully saturated rings. The molecule has 1 aromatic rings. The molecule has 0 unspecified atom stereocenters. The average Bonchev–Trinajstić information content (AvgIpc) is 3.04. The van der Waals surface area contributed by atoms with Crippen LogP contribution in [0.15, 0.2) is 12.1 Å². The van der Waals surface area contributed by atoms with Crippen molar-refractivity contribution in [2.75, 3.05) is 13.2 Å². The van der Waals surface area contributed by atoms with Crippen molar-refractivity contribution in [2.45, 2.75) is 44.4 Å². The maximum atomic E-state index is 14.4. The van der Waals surface area contributed by atoms with Gasteiger partial charge in [0.25, 0.3) is 0 Å². The average molecular weight is 266 g/mol. The van der Waals surface area contributed by atoms with Crippen LogP contribution in [0.25, 0.3) is 0 Å². The molecule has 0 aromatic heterocycles. The summed E-state index contributed by atoms with van der Waals surface area (Å²) in [6, 6.07) is 3.54. The van der Waals surface area contributed by atoms with Crippen molar-refractivity contribution >= 4 is 0 Å². The highest BCUT2D eigenvalue weighted by molar-refractivity contribution is 5.50. The molecular formula is C15H19FO3. The van der Waals surface area contributed by atoms with Crippen LogP contribution in [-0.4, -0.2) is 23.9 Å². The Balaban J connectivity index is 2.03. The second-order valence-electron chi connectivity index (χ2n) is 6.03. The molecule has 19 heavy (non-hydrogen) atoms. The lowest BCUT2D eigenvalue weighted by Crippen LogP contribution is -2.21. The predicted octanol–water partition coefficient (Wildman–Crippen LogP) is 2.73. The Bertz CT molecular complexity index is 501. The van der Waals surface area contributed by atoms with Gasteiger partial charge in [-0.05, 0) is 49.9 Å². The van der Waals surface area contributed by atoms with Crippen LogP contribution in [0.4, 0.5) is 4.39 Å². The van der Waals surface area contributed by atoms with Gasteiger partial charge in [0.05, 0.1) is 5.60 Å². The highest BCUT2D eigenvalue weighted by atomic mass is 19.1. The number of rotatable bonds is 3. The van der Waals surface area contributed by atoms with Gasteiger partial charge in [-0.3, -0.25) is 0 Å². The van der Waals surface area contributed by atoms with Crippen LogP contribution in [0.5, 0.6) is 11.5 Å². The standard InChI is InChI=1S/C15H19FO3/c1-14(2,16)11-8-13-12(18-5-6-19-13)7-10(11)9-15(17)3-4-15/h7-8,17H,3-6,9H2,1-2H3. The van der Waals surface area contributed by atoms with Crippen molar-refractivity contribution in [1.82, 2.24) is 0 Å². The molecule has 1 aliphatic heterocycles. The summed E-state index contributed by atoms with van der Waals surface area (Å²) in [6.07, 6.45) is 2.05. The number of aliphatic hydroxyl groups is 1. The van der Waals surface area contributed by atoms with E-state index in [9.17, 15) is 9.50 Å². The Labute approximate surface area is 112 Å². The van der Waals surface area contributed by atoms with Gasteiger partial charge in [-0.15, -0.1) is 0 Å². The van der Waals surface area contributed by atoms with Gasteiger partial charge in [0.1, 0.15) is 18.9 Å². The smallest absolute Gasteiger partial charge is 0.161 e. The third-order valence-corrected chi connectivity index (χ3v) is 3.76. The van der Waals surface area contributed by atoms with Crippen molar-refractivity contribution in [3.05, 3.63) is 23.3 Å². The minimum Gasteiger partial charge on any atom is -0.486 e. The summed E-state index contributed by atoms with van der Waals surface area (Å²) in [5.74, 6) is 1.25. The van der Waals surface area contributed by atoms with E-state index in [4.69, 9.17) is 9.47 Å². The molecule has 3 rings (SSSR count). The summed E-state index contributed by atoms with van der Waals surface area (Å²) in [6.45, 7) is 4.05. The molecule has 1 heterocycles. The molecule has 0 amide bonds. The van der Waals surface area contributed by atoms with E-state index >= 15 is 0 Å².